The van der Waals surface area contributed by atoms with Gasteiger partial charge in [-0.1, -0.05) is 35.6 Å². The molecule has 0 saturated carbocycles. The van der Waals surface area contributed by atoms with Crippen LogP contribution in [0.3, 0.4) is 0 Å². The van der Waals surface area contributed by atoms with E-state index >= 15 is 0 Å². The van der Waals surface area contributed by atoms with Gasteiger partial charge in [0.05, 0.1) is 11.2 Å². The molecule has 0 aliphatic carbocycles. The van der Waals surface area contributed by atoms with Gasteiger partial charge in [0.2, 0.25) is 5.91 Å². The first-order valence-corrected chi connectivity index (χ1v) is 10.2. The minimum absolute atomic E-state index is 0.0314. The normalized spacial score (nSPS) is 14.7. The van der Waals surface area contributed by atoms with Crippen LogP contribution in [0.25, 0.3) is 10.2 Å². The van der Waals surface area contributed by atoms with Crippen molar-refractivity contribution in [1.82, 2.24) is 15.2 Å². The summed E-state index contributed by atoms with van der Waals surface area (Å²) < 4.78 is 20.4. The fourth-order valence-corrected chi connectivity index (χ4v) is 4.17. The molecule has 0 unspecified atom stereocenters. The molecule has 29 heavy (non-hydrogen) atoms. The van der Waals surface area contributed by atoms with Crippen molar-refractivity contribution >= 4 is 33.4 Å². The third-order valence-corrected chi connectivity index (χ3v) is 5.76. The zero-order valence-electron chi connectivity index (χ0n) is 15.6. The van der Waals surface area contributed by atoms with E-state index in [0.717, 1.165) is 4.70 Å². The summed E-state index contributed by atoms with van der Waals surface area (Å²) in [6, 6.07) is 13.6. The number of likely N-dealkylation sites (tertiary alicyclic amines) is 1. The van der Waals surface area contributed by atoms with Crippen LogP contribution >= 0.6 is 11.3 Å². The second kappa shape index (κ2) is 8.57. The Morgan fingerprint density at radius 2 is 1.90 bits per heavy atom. The number of carbonyl (C=O) groups excluding carboxylic acids is 2. The van der Waals surface area contributed by atoms with Gasteiger partial charge in [0.15, 0.2) is 0 Å². The second-order valence-electron chi connectivity index (χ2n) is 6.81. The van der Waals surface area contributed by atoms with Gasteiger partial charge in [0.1, 0.15) is 17.4 Å². The molecule has 150 valence electrons. The number of amides is 2. The minimum atomic E-state index is -0.355. The van der Waals surface area contributed by atoms with E-state index < -0.39 is 0 Å². The van der Waals surface area contributed by atoms with Crippen LogP contribution in [0.4, 0.5) is 4.39 Å². The van der Waals surface area contributed by atoms with E-state index in [0.29, 0.717) is 42.2 Å². The Kier molecular flexibility index (Phi) is 5.71. The molecular weight excluding hydrogens is 393 g/mol. The molecule has 1 N–H and O–H groups in total. The van der Waals surface area contributed by atoms with E-state index in [2.05, 4.69) is 10.3 Å². The predicted octanol–water partition coefficient (Wildman–Crippen LogP) is 3.24. The molecule has 6 nitrogen and oxygen atoms in total. The highest BCUT2D eigenvalue weighted by atomic mass is 32.1. The maximum Gasteiger partial charge on any atom is 0.274 e. The summed E-state index contributed by atoms with van der Waals surface area (Å²) >= 11 is 1.32. The molecule has 2 aromatic carbocycles. The van der Waals surface area contributed by atoms with E-state index in [1.807, 2.05) is 12.1 Å². The quantitative estimate of drug-likeness (QED) is 0.697. The van der Waals surface area contributed by atoms with Gasteiger partial charge in [-0.15, -0.1) is 0 Å². The number of fused-ring (bicyclic) bond motifs is 1. The number of rotatable bonds is 5. The summed E-state index contributed by atoms with van der Waals surface area (Å²) in [4.78, 5) is 30.4. The number of halogens is 1. The standard InChI is InChI=1S/C21H20FN3O3S/c22-16-7-4-8-17-19(16)24-21(29-17)28-15-9-11-25(12-10-15)18(26)13-23-20(27)14-5-2-1-3-6-14/h1-8,15H,9-13H2,(H,23,27). The summed E-state index contributed by atoms with van der Waals surface area (Å²) in [5.41, 5.74) is 0.856. The molecule has 1 saturated heterocycles. The Morgan fingerprint density at radius 3 is 2.62 bits per heavy atom. The lowest BCUT2D eigenvalue weighted by atomic mass is 10.1. The van der Waals surface area contributed by atoms with E-state index in [1.54, 1.807) is 35.2 Å². The number of hydrogen-bond acceptors (Lipinski definition) is 5. The lowest BCUT2D eigenvalue weighted by Crippen LogP contribution is -2.46. The molecule has 2 amide bonds. The lowest BCUT2D eigenvalue weighted by molar-refractivity contribution is -0.131. The van der Waals surface area contributed by atoms with Gasteiger partial charge >= 0.3 is 0 Å². The Morgan fingerprint density at radius 1 is 1.14 bits per heavy atom. The molecule has 1 fully saturated rings. The number of para-hydroxylation sites is 1. The third kappa shape index (κ3) is 4.54. The van der Waals surface area contributed by atoms with Crippen LogP contribution in [-0.4, -0.2) is 47.4 Å². The van der Waals surface area contributed by atoms with Crippen molar-refractivity contribution < 1.29 is 18.7 Å². The molecule has 0 bridgehead atoms. The number of nitrogens with zero attached hydrogens (tertiary/aromatic N) is 2. The molecule has 0 spiro atoms. The first kappa shape index (κ1) is 19.3. The molecule has 8 heteroatoms. The Bertz CT molecular complexity index is 1020. The second-order valence-corrected chi connectivity index (χ2v) is 7.81. The SMILES string of the molecule is O=C(NCC(=O)N1CCC(Oc2nc3c(F)cccc3s2)CC1)c1ccccc1. The van der Waals surface area contributed by atoms with Crippen LogP contribution in [0.15, 0.2) is 48.5 Å². The molecule has 2 heterocycles. The highest BCUT2D eigenvalue weighted by Gasteiger charge is 2.25. The van der Waals surface area contributed by atoms with Crippen LogP contribution in [0.1, 0.15) is 23.2 Å². The molecule has 1 aliphatic heterocycles. The lowest BCUT2D eigenvalue weighted by Gasteiger charge is -2.31. The molecule has 0 radical (unpaired) electrons. The summed E-state index contributed by atoms with van der Waals surface area (Å²) in [5.74, 6) is -0.735. The molecule has 1 aliphatic rings. The van der Waals surface area contributed by atoms with Gasteiger partial charge in [0, 0.05) is 31.5 Å². The first-order valence-electron chi connectivity index (χ1n) is 9.43. The number of piperidine rings is 1. The zero-order chi connectivity index (χ0) is 20.2. The molecule has 4 rings (SSSR count). The van der Waals surface area contributed by atoms with E-state index in [1.165, 1.54) is 17.4 Å². The average molecular weight is 413 g/mol. The van der Waals surface area contributed by atoms with Crippen LogP contribution in [0.5, 0.6) is 5.19 Å². The van der Waals surface area contributed by atoms with Crippen molar-refractivity contribution in [2.75, 3.05) is 19.6 Å². The fourth-order valence-electron chi connectivity index (χ4n) is 3.27. The Labute approximate surface area is 171 Å². The Hall–Kier alpha value is -3.00. The number of nitrogens with one attached hydrogen (secondary N) is 1. The summed E-state index contributed by atoms with van der Waals surface area (Å²) in [7, 11) is 0. The van der Waals surface area contributed by atoms with Gasteiger partial charge in [-0.3, -0.25) is 9.59 Å². The van der Waals surface area contributed by atoms with Gasteiger partial charge in [-0.05, 0) is 24.3 Å². The maximum atomic E-state index is 13.8. The van der Waals surface area contributed by atoms with Crippen molar-refractivity contribution in [3.8, 4) is 5.19 Å². The predicted molar refractivity (Wildman–Crippen MR) is 109 cm³/mol. The summed E-state index contributed by atoms with van der Waals surface area (Å²) in [5, 5.41) is 3.11. The highest BCUT2D eigenvalue weighted by Crippen LogP contribution is 2.31. The highest BCUT2D eigenvalue weighted by molar-refractivity contribution is 7.20. The molecule has 0 atom stereocenters. The summed E-state index contributed by atoms with van der Waals surface area (Å²) in [6.45, 7) is 1.06. The number of benzene rings is 2. The van der Waals surface area contributed by atoms with Gasteiger partial charge in [0.25, 0.3) is 11.1 Å². The number of ether oxygens (including phenoxy) is 1. The van der Waals surface area contributed by atoms with Gasteiger partial charge in [-0.2, -0.15) is 4.98 Å². The summed E-state index contributed by atoms with van der Waals surface area (Å²) in [6.07, 6.45) is 1.26. The van der Waals surface area contributed by atoms with Crippen molar-refractivity contribution in [2.45, 2.75) is 18.9 Å². The molecule has 1 aromatic heterocycles. The third-order valence-electron chi connectivity index (χ3n) is 4.85. The monoisotopic (exact) mass is 413 g/mol. The Balaban J connectivity index is 1.26. The van der Waals surface area contributed by atoms with Crippen molar-refractivity contribution in [1.29, 1.82) is 0 Å². The van der Waals surface area contributed by atoms with Crippen LogP contribution in [0.2, 0.25) is 0 Å². The van der Waals surface area contributed by atoms with E-state index in [4.69, 9.17) is 4.74 Å². The van der Waals surface area contributed by atoms with Crippen molar-refractivity contribution in [3.05, 3.63) is 59.9 Å². The first-order chi connectivity index (χ1) is 14.1. The molecular formula is C21H20FN3O3S. The largest absolute Gasteiger partial charge is 0.467 e. The van der Waals surface area contributed by atoms with Crippen molar-refractivity contribution in [2.24, 2.45) is 0 Å². The van der Waals surface area contributed by atoms with Crippen LogP contribution < -0.4 is 10.1 Å². The topological polar surface area (TPSA) is 71.5 Å². The van der Waals surface area contributed by atoms with Crippen LogP contribution in [0, 0.1) is 5.82 Å². The number of thiazole rings is 1. The van der Waals surface area contributed by atoms with E-state index in [9.17, 15) is 14.0 Å². The number of aromatic nitrogens is 1. The number of hydrogen-bond donors (Lipinski definition) is 1. The van der Waals surface area contributed by atoms with Crippen molar-refractivity contribution in [3.63, 3.8) is 0 Å². The molecule has 3 aromatic rings. The smallest absolute Gasteiger partial charge is 0.274 e. The maximum absolute atomic E-state index is 13.8. The minimum Gasteiger partial charge on any atom is -0.467 e. The van der Waals surface area contributed by atoms with E-state index in [-0.39, 0.29) is 30.3 Å². The average Bonchev–Trinajstić information content (AvgIpc) is 3.17. The number of carbonyl (C=O) groups is 2. The van der Waals surface area contributed by atoms with Gasteiger partial charge in [-0.25, -0.2) is 4.39 Å². The van der Waals surface area contributed by atoms with Gasteiger partial charge < -0.3 is 15.0 Å². The van der Waals surface area contributed by atoms with Crippen LogP contribution in [-0.2, 0) is 4.79 Å². The zero-order valence-corrected chi connectivity index (χ0v) is 16.5. The fraction of sp³-hybridized carbons (Fsp3) is 0.286.